The molecule has 1 N–H and O–H groups in total. The summed E-state index contributed by atoms with van der Waals surface area (Å²) in [5.74, 6) is 1.01. The molecule has 2 rings (SSSR count). The SMILES string of the molecule is CCSc1ccccc1NC(=O)[C@H](CC)Sc1ccc(Cl)cc1. The highest BCUT2D eigenvalue weighted by atomic mass is 35.5. The van der Waals surface area contributed by atoms with E-state index in [1.165, 1.54) is 0 Å². The highest BCUT2D eigenvalue weighted by Gasteiger charge is 2.19. The van der Waals surface area contributed by atoms with Crippen LogP contribution in [0.1, 0.15) is 20.3 Å². The van der Waals surface area contributed by atoms with Gasteiger partial charge >= 0.3 is 0 Å². The van der Waals surface area contributed by atoms with Crippen molar-refractivity contribution in [2.24, 2.45) is 0 Å². The fraction of sp³-hybridized carbons (Fsp3) is 0.278. The van der Waals surface area contributed by atoms with Crippen LogP contribution in [-0.2, 0) is 4.79 Å². The lowest BCUT2D eigenvalue weighted by atomic mass is 10.2. The van der Waals surface area contributed by atoms with Crippen LogP contribution in [0, 0.1) is 0 Å². The number of nitrogens with one attached hydrogen (secondary N) is 1. The van der Waals surface area contributed by atoms with Crippen molar-refractivity contribution in [3.8, 4) is 0 Å². The van der Waals surface area contributed by atoms with Crippen LogP contribution in [0.15, 0.2) is 58.3 Å². The van der Waals surface area contributed by atoms with E-state index in [1.807, 2.05) is 55.5 Å². The molecule has 1 atom stereocenters. The molecule has 0 unspecified atom stereocenters. The molecule has 0 bridgehead atoms. The molecule has 23 heavy (non-hydrogen) atoms. The molecule has 0 aliphatic rings. The number of carbonyl (C=O) groups is 1. The molecular formula is C18H20ClNOS2. The van der Waals surface area contributed by atoms with Crippen LogP contribution in [0.2, 0.25) is 5.02 Å². The van der Waals surface area contributed by atoms with Gasteiger partial charge in [0, 0.05) is 14.8 Å². The lowest BCUT2D eigenvalue weighted by Crippen LogP contribution is -2.24. The van der Waals surface area contributed by atoms with Crippen molar-refractivity contribution >= 4 is 46.7 Å². The Morgan fingerprint density at radius 2 is 1.83 bits per heavy atom. The maximum Gasteiger partial charge on any atom is 0.237 e. The summed E-state index contributed by atoms with van der Waals surface area (Å²) in [7, 11) is 0. The van der Waals surface area contributed by atoms with Gasteiger partial charge in [-0.15, -0.1) is 23.5 Å². The summed E-state index contributed by atoms with van der Waals surface area (Å²) < 4.78 is 0. The van der Waals surface area contributed by atoms with Crippen molar-refractivity contribution in [3.63, 3.8) is 0 Å². The molecule has 0 aliphatic heterocycles. The molecule has 0 aliphatic carbocycles. The Morgan fingerprint density at radius 3 is 2.48 bits per heavy atom. The first-order chi connectivity index (χ1) is 11.1. The number of halogens is 1. The Labute approximate surface area is 151 Å². The number of anilines is 1. The zero-order valence-electron chi connectivity index (χ0n) is 13.2. The Bertz CT molecular complexity index is 646. The number of amides is 1. The molecule has 5 heteroatoms. The molecule has 0 heterocycles. The minimum Gasteiger partial charge on any atom is -0.324 e. The molecule has 0 spiro atoms. The Kier molecular flexibility index (Phi) is 7.34. The maximum absolute atomic E-state index is 12.6. The van der Waals surface area contributed by atoms with Crippen molar-refractivity contribution in [2.75, 3.05) is 11.1 Å². The molecule has 0 saturated heterocycles. The molecule has 0 fully saturated rings. The normalized spacial score (nSPS) is 12.0. The van der Waals surface area contributed by atoms with E-state index in [0.29, 0.717) is 5.02 Å². The molecule has 2 nitrogen and oxygen atoms in total. The quantitative estimate of drug-likeness (QED) is 0.613. The summed E-state index contributed by atoms with van der Waals surface area (Å²) in [4.78, 5) is 14.8. The lowest BCUT2D eigenvalue weighted by Gasteiger charge is -2.16. The molecular weight excluding hydrogens is 346 g/mol. The van der Waals surface area contributed by atoms with Gasteiger partial charge in [-0.25, -0.2) is 0 Å². The lowest BCUT2D eigenvalue weighted by molar-refractivity contribution is -0.115. The number of para-hydroxylation sites is 1. The second-order valence-electron chi connectivity index (χ2n) is 4.89. The van der Waals surface area contributed by atoms with Crippen LogP contribution in [0.4, 0.5) is 5.69 Å². The van der Waals surface area contributed by atoms with E-state index in [-0.39, 0.29) is 11.2 Å². The van der Waals surface area contributed by atoms with Gasteiger partial charge in [0.2, 0.25) is 5.91 Å². The van der Waals surface area contributed by atoms with Gasteiger partial charge in [0.25, 0.3) is 0 Å². The predicted octanol–water partition coefficient (Wildman–Crippen LogP) is 5.96. The molecule has 1 amide bonds. The van der Waals surface area contributed by atoms with Crippen LogP contribution in [0.5, 0.6) is 0 Å². The van der Waals surface area contributed by atoms with Gasteiger partial charge in [-0.1, -0.05) is 37.6 Å². The smallest absolute Gasteiger partial charge is 0.237 e. The number of hydrogen-bond acceptors (Lipinski definition) is 3. The molecule has 2 aromatic carbocycles. The Balaban J connectivity index is 2.06. The minimum absolute atomic E-state index is 0.0385. The topological polar surface area (TPSA) is 29.1 Å². The number of hydrogen-bond donors (Lipinski definition) is 1. The first kappa shape index (κ1) is 18.2. The number of carbonyl (C=O) groups excluding carboxylic acids is 1. The van der Waals surface area contributed by atoms with Crippen molar-refractivity contribution < 1.29 is 4.79 Å². The molecule has 0 aromatic heterocycles. The van der Waals surface area contributed by atoms with Crippen molar-refractivity contribution in [2.45, 2.75) is 35.3 Å². The standard InChI is InChI=1S/C18H20ClNOS2/c1-3-16(23-14-11-9-13(19)10-12-14)18(21)20-15-7-5-6-8-17(15)22-4-2/h5-12,16H,3-4H2,1-2H3,(H,20,21)/t16-/m0/s1. The minimum atomic E-state index is -0.129. The fourth-order valence-corrected chi connectivity index (χ4v) is 3.90. The van der Waals surface area contributed by atoms with Crippen molar-refractivity contribution in [1.29, 1.82) is 0 Å². The average Bonchev–Trinajstić information content (AvgIpc) is 2.56. The molecule has 0 saturated carbocycles. The third-order valence-corrected chi connectivity index (χ3v) is 5.78. The summed E-state index contributed by atoms with van der Waals surface area (Å²) in [5, 5.41) is 3.65. The average molecular weight is 366 g/mol. The van der Waals surface area contributed by atoms with E-state index < -0.39 is 0 Å². The van der Waals surface area contributed by atoms with Gasteiger partial charge in [-0.3, -0.25) is 4.79 Å². The molecule has 0 radical (unpaired) electrons. The first-order valence-corrected chi connectivity index (χ1v) is 9.83. The van der Waals surface area contributed by atoms with Crippen LogP contribution >= 0.6 is 35.1 Å². The summed E-state index contributed by atoms with van der Waals surface area (Å²) in [5.41, 5.74) is 0.888. The molecule has 122 valence electrons. The van der Waals surface area contributed by atoms with Gasteiger partial charge in [0.1, 0.15) is 0 Å². The predicted molar refractivity (Wildman–Crippen MR) is 103 cm³/mol. The van der Waals surface area contributed by atoms with E-state index >= 15 is 0 Å². The highest BCUT2D eigenvalue weighted by molar-refractivity contribution is 8.00. The third kappa shape index (κ3) is 5.48. The van der Waals surface area contributed by atoms with Crippen molar-refractivity contribution in [3.05, 3.63) is 53.6 Å². The zero-order valence-corrected chi connectivity index (χ0v) is 15.6. The van der Waals surface area contributed by atoms with E-state index in [4.69, 9.17) is 11.6 Å². The number of benzene rings is 2. The largest absolute Gasteiger partial charge is 0.324 e. The summed E-state index contributed by atoms with van der Waals surface area (Å²) in [6, 6.07) is 15.5. The van der Waals surface area contributed by atoms with Gasteiger partial charge in [-0.05, 0) is 48.6 Å². The van der Waals surface area contributed by atoms with E-state index in [9.17, 15) is 4.79 Å². The summed E-state index contributed by atoms with van der Waals surface area (Å²) in [6.45, 7) is 4.13. The number of thioether (sulfide) groups is 2. The van der Waals surface area contributed by atoms with Crippen LogP contribution in [0.25, 0.3) is 0 Å². The Morgan fingerprint density at radius 1 is 1.13 bits per heavy atom. The monoisotopic (exact) mass is 365 g/mol. The van der Waals surface area contributed by atoms with E-state index in [0.717, 1.165) is 27.7 Å². The second kappa shape index (κ2) is 9.26. The maximum atomic E-state index is 12.6. The van der Waals surface area contributed by atoms with Crippen LogP contribution < -0.4 is 5.32 Å². The van der Waals surface area contributed by atoms with Gasteiger partial charge in [0.05, 0.1) is 10.9 Å². The van der Waals surface area contributed by atoms with Gasteiger partial charge in [0.15, 0.2) is 0 Å². The fourth-order valence-electron chi connectivity index (χ4n) is 2.06. The van der Waals surface area contributed by atoms with Crippen molar-refractivity contribution in [1.82, 2.24) is 0 Å². The molecule has 2 aromatic rings. The van der Waals surface area contributed by atoms with Crippen LogP contribution in [0.3, 0.4) is 0 Å². The Hall–Kier alpha value is -1.10. The van der Waals surface area contributed by atoms with Gasteiger partial charge < -0.3 is 5.32 Å². The second-order valence-corrected chi connectivity index (χ2v) is 7.91. The van der Waals surface area contributed by atoms with Gasteiger partial charge in [-0.2, -0.15) is 0 Å². The summed E-state index contributed by atoms with van der Waals surface area (Å²) >= 11 is 9.21. The van der Waals surface area contributed by atoms with Crippen LogP contribution in [-0.4, -0.2) is 16.9 Å². The summed E-state index contributed by atoms with van der Waals surface area (Å²) in [6.07, 6.45) is 0.766. The third-order valence-electron chi connectivity index (χ3n) is 3.20. The van der Waals surface area contributed by atoms with E-state index in [2.05, 4.69) is 12.2 Å². The first-order valence-electron chi connectivity index (χ1n) is 7.59. The zero-order chi connectivity index (χ0) is 16.7. The number of rotatable bonds is 7. The van der Waals surface area contributed by atoms with E-state index in [1.54, 1.807) is 23.5 Å². The highest BCUT2D eigenvalue weighted by Crippen LogP contribution is 2.30.